The summed E-state index contributed by atoms with van der Waals surface area (Å²) >= 11 is 0. The second-order valence-corrected chi connectivity index (χ2v) is 6.96. The van der Waals surface area contributed by atoms with E-state index in [9.17, 15) is 4.79 Å². The Kier molecular flexibility index (Phi) is 5.43. The van der Waals surface area contributed by atoms with Gasteiger partial charge < -0.3 is 20.2 Å². The van der Waals surface area contributed by atoms with Crippen molar-refractivity contribution in [1.82, 2.24) is 14.9 Å². The van der Waals surface area contributed by atoms with Crippen molar-refractivity contribution in [1.29, 1.82) is 0 Å². The first kappa shape index (κ1) is 18.3. The summed E-state index contributed by atoms with van der Waals surface area (Å²) in [6.07, 6.45) is 3.09. The molecule has 1 amide bonds. The number of H-pyrrole nitrogens is 1. The smallest absolute Gasteiger partial charge is 0.409 e. The van der Waals surface area contributed by atoms with Gasteiger partial charge in [0.25, 0.3) is 0 Å². The van der Waals surface area contributed by atoms with Gasteiger partial charge in [0.05, 0.1) is 11.0 Å². The Morgan fingerprint density at radius 3 is 2.57 bits per heavy atom. The molecule has 1 aromatic heterocycles. The van der Waals surface area contributed by atoms with Crippen LogP contribution in [0.5, 0.6) is 11.5 Å². The van der Waals surface area contributed by atoms with Crippen LogP contribution in [-0.4, -0.2) is 47.2 Å². The molecule has 0 spiro atoms. The first-order chi connectivity index (χ1) is 13.7. The highest BCUT2D eigenvalue weighted by Crippen LogP contribution is 2.25. The van der Waals surface area contributed by atoms with Crippen molar-refractivity contribution in [2.75, 3.05) is 26.2 Å². The zero-order valence-corrected chi connectivity index (χ0v) is 15.7. The molecule has 4 rings (SSSR count). The van der Waals surface area contributed by atoms with Crippen molar-refractivity contribution >= 4 is 17.1 Å². The fraction of sp³-hybridized carbons (Fsp3) is 0.333. The zero-order chi connectivity index (χ0) is 19.3. The van der Waals surface area contributed by atoms with E-state index in [0.29, 0.717) is 17.9 Å². The second kappa shape index (κ2) is 8.31. The summed E-state index contributed by atoms with van der Waals surface area (Å²) in [5, 5.41) is 0. The highest BCUT2D eigenvalue weighted by molar-refractivity contribution is 5.81. The van der Waals surface area contributed by atoms with Crippen molar-refractivity contribution in [3.8, 4) is 22.9 Å². The number of nitrogens with one attached hydrogen (secondary N) is 1. The number of likely N-dealkylation sites (tertiary alicyclic amines) is 1. The number of hydrogen-bond acceptors (Lipinski definition) is 5. The molecule has 7 heteroatoms. The van der Waals surface area contributed by atoms with Crippen LogP contribution in [0.15, 0.2) is 42.5 Å². The summed E-state index contributed by atoms with van der Waals surface area (Å²) in [4.78, 5) is 21.2. The molecule has 0 radical (unpaired) electrons. The van der Waals surface area contributed by atoms with Crippen LogP contribution in [0.2, 0.25) is 0 Å². The number of nitrogens with zero attached hydrogens (tertiary/aromatic N) is 2. The molecule has 0 unspecified atom stereocenters. The van der Waals surface area contributed by atoms with Crippen molar-refractivity contribution < 1.29 is 14.3 Å². The molecular formula is C21H24N4O3. The molecule has 0 aliphatic carbocycles. The van der Waals surface area contributed by atoms with Gasteiger partial charge in [0.1, 0.15) is 23.9 Å². The quantitative estimate of drug-likeness (QED) is 0.682. The third kappa shape index (κ3) is 4.43. The second-order valence-electron chi connectivity index (χ2n) is 6.96. The first-order valence-electron chi connectivity index (χ1n) is 9.60. The summed E-state index contributed by atoms with van der Waals surface area (Å²) in [5.41, 5.74) is 7.57. The lowest BCUT2D eigenvalue weighted by molar-refractivity contribution is 0.183. The van der Waals surface area contributed by atoms with E-state index >= 15 is 0 Å². The Bertz CT molecular complexity index is 946. The normalized spacial score (nSPS) is 14.9. The first-order valence-corrected chi connectivity index (χ1v) is 9.60. The number of piperidine rings is 1. The van der Waals surface area contributed by atoms with Gasteiger partial charge in [-0.3, -0.25) is 4.90 Å². The van der Waals surface area contributed by atoms with Gasteiger partial charge in [-0.2, -0.15) is 0 Å². The largest absolute Gasteiger partial charge is 0.492 e. The molecule has 2 aromatic carbocycles. The fourth-order valence-electron chi connectivity index (χ4n) is 3.49. The summed E-state index contributed by atoms with van der Waals surface area (Å²) in [5.74, 6) is 1.97. The van der Waals surface area contributed by atoms with E-state index in [-0.39, 0.29) is 0 Å². The molecular weight excluding hydrogens is 356 g/mol. The fourth-order valence-corrected chi connectivity index (χ4v) is 3.49. The Morgan fingerprint density at radius 2 is 1.82 bits per heavy atom. The molecule has 146 valence electrons. The average molecular weight is 380 g/mol. The Hall–Kier alpha value is -3.06. The van der Waals surface area contributed by atoms with Gasteiger partial charge in [0, 0.05) is 18.2 Å². The van der Waals surface area contributed by atoms with Gasteiger partial charge >= 0.3 is 6.09 Å². The van der Waals surface area contributed by atoms with Crippen LogP contribution in [0.4, 0.5) is 4.79 Å². The van der Waals surface area contributed by atoms with Gasteiger partial charge in [0.15, 0.2) is 0 Å². The SMILES string of the molecule is NC(=O)Oc1ccc2[nH]c(-c3ccc(OCCN4CCCCC4)cc3)nc2c1. The molecule has 1 aliphatic rings. The average Bonchev–Trinajstić information content (AvgIpc) is 3.12. The topological polar surface area (TPSA) is 93.5 Å². The number of aromatic nitrogens is 2. The lowest BCUT2D eigenvalue weighted by Crippen LogP contribution is -2.33. The number of ether oxygens (including phenoxy) is 2. The molecule has 3 N–H and O–H groups in total. The van der Waals surface area contributed by atoms with E-state index in [0.717, 1.165) is 29.2 Å². The maximum atomic E-state index is 10.9. The molecule has 1 aliphatic heterocycles. The summed E-state index contributed by atoms with van der Waals surface area (Å²) in [6.45, 7) is 4.04. The molecule has 1 saturated heterocycles. The number of primary amides is 1. The molecule has 1 fully saturated rings. The van der Waals surface area contributed by atoms with E-state index in [1.54, 1.807) is 12.1 Å². The minimum Gasteiger partial charge on any atom is -0.492 e. The minimum absolute atomic E-state index is 0.371. The lowest BCUT2D eigenvalue weighted by atomic mass is 10.1. The van der Waals surface area contributed by atoms with Crippen LogP contribution in [0.25, 0.3) is 22.4 Å². The van der Waals surface area contributed by atoms with Gasteiger partial charge in [-0.25, -0.2) is 9.78 Å². The number of amides is 1. The van der Waals surface area contributed by atoms with Crippen LogP contribution in [0, 0.1) is 0 Å². The molecule has 0 atom stereocenters. The standard InChI is InChI=1S/C21H24N4O3/c22-21(26)28-17-8-9-18-19(14-17)24-20(23-18)15-4-6-16(7-5-15)27-13-12-25-10-2-1-3-11-25/h4-9,14H,1-3,10-13H2,(H2,22,26)(H,23,24). The van der Waals surface area contributed by atoms with Gasteiger partial charge in [-0.15, -0.1) is 0 Å². The Balaban J connectivity index is 1.39. The third-order valence-corrected chi connectivity index (χ3v) is 4.93. The van der Waals surface area contributed by atoms with Crippen molar-refractivity contribution in [3.63, 3.8) is 0 Å². The molecule has 0 bridgehead atoms. The van der Waals surface area contributed by atoms with E-state index in [2.05, 4.69) is 14.9 Å². The molecule has 28 heavy (non-hydrogen) atoms. The minimum atomic E-state index is -0.842. The molecule has 2 heterocycles. The van der Waals surface area contributed by atoms with Gasteiger partial charge in [-0.05, 0) is 62.3 Å². The number of carbonyl (C=O) groups excluding carboxylic acids is 1. The summed E-state index contributed by atoms with van der Waals surface area (Å²) in [6, 6.07) is 13.0. The van der Waals surface area contributed by atoms with E-state index in [1.807, 2.05) is 30.3 Å². The van der Waals surface area contributed by atoms with Gasteiger partial charge in [0.2, 0.25) is 0 Å². The van der Waals surface area contributed by atoms with Crippen LogP contribution in [0.1, 0.15) is 19.3 Å². The lowest BCUT2D eigenvalue weighted by Gasteiger charge is -2.26. The maximum absolute atomic E-state index is 10.9. The van der Waals surface area contributed by atoms with Crippen LogP contribution >= 0.6 is 0 Å². The third-order valence-electron chi connectivity index (χ3n) is 4.93. The predicted molar refractivity (Wildman–Crippen MR) is 108 cm³/mol. The van der Waals surface area contributed by atoms with Crippen molar-refractivity contribution in [2.24, 2.45) is 5.73 Å². The van der Waals surface area contributed by atoms with E-state index < -0.39 is 6.09 Å². The summed E-state index contributed by atoms with van der Waals surface area (Å²) in [7, 11) is 0. The molecule has 0 saturated carbocycles. The monoisotopic (exact) mass is 380 g/mol. The molecule has 3 aromatic rings. The number of fused-ring (bicyclic) bond motifs is 1. The number of carbonyl (C=O) groups is 1. The highest BCUT2D eigenvalue weighted by Gasteiger charge is 2.10. The zero-order valence-electron chi connectivity index (χ0n) is 15.7. The van der Waals surface area contributed by atoms with Crippen molar-refractivity contribution in [3.05, 3.63) is 42.5 Å². The maximum Gasteiger partial charge on any atom is 0.409 e. The number of hydrogen-bond donors (Lipinski definition) is 2. The number of imidazole rings is 1. The number of aromatic amines is 1. The highest BCUT2D eigenvalue weighted by atomic mass is 16.5. The number of benzene rings is 2. The van der Waals surface area contributed by atoms with E-state index in [1.165, 1.54) is 32.4 Å². The van der Waals surface area contributed by atoms with Crippen molar-refractivity contribution in [2.45, 2.75) is 19.3 Å². The van der Waals surface area contributed by atoms with Crippen LogP contribution in [-0.2, 0) is 0 Å². The Labute approximate surface area is 163 Å². The Morgan fingerprint density at radius 1 is 1.07 bits per heavy atom. The van der Waals surface area contributed by atoms with E-state index in [4.69, 9.17) is 15.2 Å². The predicted octanol–water partition coefficient (Wildman–Crippen LogP) is 3.55. The van der Waals surface area contributed by atoms with Crippen LogP contribution in [0.3, 0.4) is 0 Å². The van der Waals surface area contributed by atoms with Crippen LogP contribution < -0.4 is 15.2 Å². The number of nitrogens with two attached hydrogens (primary N) is 1. The molecule has 7 nitrogen and oxygen atoms in total. The van der Waals surface area contributed by atoms with Gasteiger partial charge in [-0.1, -0.05) is 6.42 Å². The number of rotatable bonds is 6. The summed E-state index contributed by atoms with van der Waals surface area (Å²) < 4.78 is 10.8.